The number of guanidine groups is 1. The largest absolute Gasteiger partial charge is 0.439 e. The van der Waals surface area contributed by atoms with Gasteiger partial charge in [-0.1, -0.05) is 29.8 Å². The van der Waals surface area contributed by atoms with Crippen molar-refractivity contribution in [2.24, 2.45) is 4.99 Å². The molecule has 0 radical (unpaired) electrons. The molecule has 3 aromatic rings. The second-order valence-electron chi connectivity index (χ2n) is 6.37. The smallest absolute Gasteiger partial charge is 0.216 e. The molecule has 0 amide bonds. The first kappa shape index (κ1) is 22.4. The van der Waals surface area contributed by atoms with Gasteiger partial charge in [-0.05, 0) is 20.8 Å². The van der Waals surface area contributed by atoms with E-state index >= 15 is 0 Å². The summed E-state index contributed by atoms with van der Waals surface area (Å²) in [5, 5.41) is 6.46. The SMILES string of the molecule is CCNC(=NCc1ncc(-c2ccc(C)cc2)o1)N(C)Cc1csc(C)n1.I. The van der Waals surface area contributed by atoms with Crippen LogP contribution in [0.15, 0.2) is 45.3 Å². The highest BCUT2D eigenvalue weighted by molar-refractivity contribution is 14.0. The monoisotopic (exact) mass is 511 g/mol. The topological polar surface area (TPSA) is 66.6 Å². The van der Waals surface area contributed by atoms with Crippen molar-refractivity contribution in [1.82, 2.24) is 20.2 Å². The third-order valence-electron chi connectivity index (χ3n) is 4.02. The maximum absolute atomic E-state index is 5.86. The van der Waals surface area contributed by atoms with Crippen molar-refractivity contribution in [3.8, 4) is 11.3 Å². The molecular weight excluding hydrogens is 485 g/mol. The van der Waals surface area contributed by atoms with Crippen molar-refractivity contribution in [3.63, 3.8) is 0 Å². The van der Waals surface area contributed by atoms with Crippen LogP contribution >= 0.6 is 35.3 Å². The normalized spacial score (nSPS) is 11.2. The van der Waals surface area contributed by atoms with Crippen LogP contribution in [0.4, 0.5) is 0 Å². The Morgan fingerprint density at radius 2 is 2.00 bits per heavy atom. The van der Waals surface area contributed by atoms with Gasteiger partial charge in [0.05, 0.1) is 23.4 Å². The second-order valence-corrected chi connectivity index (χ2v) is 7.43. The van der Waals surface area contributed by atoms with E-state index < -0.39 is 0 Å². The lowest BCUT2D eigenvalue weighted by atomic mass is 10.1. The quantitative estimate of drug-likeness (QED) is 0.297. The molecule has 1 N–H and O–H groups in total. The van der Waals surface area contributed by atoms with Crippen molar-refractivity contribution in [2.45, 2.75) is 33.9 Å². The molecule has 2 heterocycles. The fraction of sp³-hybridized carbons (Fsp3) is 0.350. The zero-order valence-electron chi connectivity index (χ0n) is 16.6. The van der Waals surface area contributed by atoms with Crippen LogP contribution in [0, 0.1) is 13.8 Å². The number of hydrogen-bond acceptors (Lipinski definition) is 5. The summed E-state index contributed by atoms with van der Waals surface area (Å²) in [4.78, 5) is 15.6. The maximum Gasteiger partial charge on any atom is 0.216 e. The Hall–Kier alpha value is -1.94. The molecular formula is C20H26IN5OS. The fourth-order valence-corrected chi connectivity index (χ4v) is 3.25. The van der Waals surface area contributed by atoms with E-state index in [1.165, 1.54) is 5.56 Å². The average molecular weight is 511 g/mol. The Balaban J connectivity index is 0.00000280. The van der Waals surface area contributed by atoms with E-state index in [0.717, 1.165) is 34.5 Å². The van der Waals surface area contributed by atoms with Crippen LogP contribution in [-0.2, 0) is 13.1 Å². The Labute approximate surface area is 187 Å². The van der Waals surface area contributed by atoms with Crippen molar-refractivity contribution in [2.75, 3.05) is 13.6 Å². The predicted octanol–water partition coefficient (Wildman–Crippen LogP) is 4.63. The van der Waals surface area contributed by atoms with E-state index in [4.69, 9.17) is 4.42 Å². The minimum Gasteiger partial charge on any atom is -0.439 e. The zero-order chi connectivity index (χ0) is 19.2. The first-order chi connectivity index (χ1) is 13.0. The van der Waals surface area contributed by atoms with Crippen LogP contribution < -0.4 is 5.32 Å². The number of benzene rings is 1. The second kappa shape index (κ2) is 10.6. The van der Waals surface area contributed by atoms with Crippen molar-refractivity contribution >= 4 is 41.3 Å². The number of rotatable bonds is 6. The van der Waals surface area contributed by atoms with Crippen LogP contribution in [0.25, 0.3) is 11.3 Å². The molecule has 0 aliphatic carbocycles. The van der Waals surface area contributed by atoms with Crippen LogP contribution in [0.1, 0.15) is 29.1 Å². The van der Waals surface area contributed by atoms with Gasteiger partial charge in [0.15, 0.2) is 11.7 Å². The highest BCUT2D eigenvalue weighted by Gasteiger charge is 2.10. The van der Waals surface area contributed by atoms with Crippen LogP contribution in [0.3, 0.4) is 0 Å². The Morgan fingerprint density at radius 1 is 1.25 bits per heavy atom. The average Bonchev–Trinajstić information content (AvgIpc) is 3.28. The lowest BCUT2D eigenvalue weighted by Crippen LogP contribution is -2.38. The van der Waals surface area contributed by atoms with Gasteiger partial charge in [0.2, 0.25) is 5.89 Å². The molecule has 150 valence electrons. The van der Waals surface area contributed by atoms with Crippen molar-refractivity contribution < 1.29 is 4.42 Å². The first-order valence-electron chi connectivity index (χ1n) is 8.97. The third-order valence-corrected chi connectivity index (χ3v) is 4.84. The molecule has 0 fully saturated rings. The summed E-state index contributed by atoms with van der Waals surface area (Å²) < 4.78 is 5.86. The Bertz CT molecular complexity index is 903. The van der Waals surface area contributed by atoms with Crippen LogP contribution in [-0.4, -0.2) is 34.4 Å². The molecule has 0 atom stereocenters. The highest BCUT2D eigenvalue weighted by atomic mass is 127. The van der Waals surface area contributed by atoms with Crippen molar-refractivity contribution in [1.29, 1.82) is 0 Å². The van der Waals surface area contributed by atoms with Gasteiger partial charge in [-0.15, -0.1) is 35.3 Å². The number of aliphatic imine (C=N–C) groups is 1. The Morgan fingerprint density at radius 3 is 2.64 bits per heavy atom. The molecule has 0 unspecified atom stereocenters. The Kier molecular flexibility index (Phi) is 8.43. The molecule has 1 aromatic carbocycles. The molecule has 28 heavy (non-hydrogen) atoms. The zero-order valence-corrected chi connectivity index (χ0v) is 19.7. The molecule has 0 saturated heterocycles. The minimum absolute atomic E-state index is 0. The molecule has 3 rings (SSSR count). The van der Waals surface area contributed by atoms with E-state index in [9.17, 15) is 0 Å². The van der Waals surface area contributed by atoms with Gasteiger partial charge < -0.3 is 14.6 Å². The number of oxazole rings is 1. The lowest BCUT2D eigenvalue weighted by molar-refractivity contribution is 0.464. The molecule has 0 aliphatic rings. The molecule has 6 nitrogen and oxygen atoms in total. The highest BCUT2D eigenvalue weighted by Crippen LogP contribution is 2.21. The standard InChI is InChI=1S/C20H25N5OS.HI/c1-5-21-20(25(4)12-17-13-27-15(3)24-17)23-11-19-22-10-18(26-19)16-8-6-14(2)7-9-16;/h6-10,13H,5,11-12H2,1-4H3,(H,21,23);1H. The molecule has 0 spiro atoms. The van der Waals surface area contributed by atoms with Gasteiger partial charge in [0.1, 0.15) is 6.54 Å². The predicted molar refractivity (Wildman–Crippen MR) is 125 cm³/mol. The van der Waals surface area contributed by atoms with Crippen molar-refractivity contribution in [3.05, 3.63) is 58.0 Å². The fourth-order valence-electron chi connectivity index (χ4n) is 2.65. The van der Waals surface area contributed by atoms with Crippen LogP contribution in [0.2, 0.25) is 0 Å². The summed E-state index contributed by atoms with van der Waals surface area (Å²) in [7, 11) is 2.00. The molecule has 0 aliphatic heterocycles. The number of halogens is 1. The third kappa shape index (κ3) is 6.03. The summed E-state index contributed by atoms with van der Waals surface area (Å²) >= 11 is 1.66. The molecule has 0 bridgehead atoms. The summed E-state index contributed by atoms with van der Waals surface area (Å²) in [6.07, 6.45) is 1.75. The van der Waals surface area contributed by atoms with Gasteiger partial charge >= 0.3 is 0 Å². The maximum atomic E-state index is 5.86. The summed E-state index contributed by atoms with van der Waals surface area (Å²) in [5.41, 5.74) is 3.28. The number of nitrogens with one attached hydrogen (secondary N) is 1. The lowest BCUT2D eigenvalue weighted by Gasteiger charge is -2.20. The first-order valence-corrected chi connectivity index (χ1v) is 9.85. The van der Waals surface area contributed by atoms with E-state index in [0.29, 0.717) is 19.0 Å². The summed E-state index contributed by atoms with van der Waals surface area (Å²) in [6.45, 7) is 8.01. The van der Waals surface area contributed by atoms with Gasteiger partial charge in [0.25, 0.3) is 0 Å². The number of thiazole rings is 1. The summed E-state index contributed by atoms with van der Waals surface area (Å²) in [6, 6.07) is 8.20. The van der Waals surface area contributed by atoms with E-state index in [2.05, 4.69) is 56.5 Å². The number of nitrogens with zero attached hydrogens (tertiary/aromatic N) is 4. The van der Waals surface area contributed by atoms with E-state index in [1.807, 2.05) is 26.1 Å². The number of aryl methyl sites for hydroxylation is 2. The minimum atomic E-state index is 0. The van der Waals surface area contributed by atoms with Gasteiger partial charge in [0, 0.05) is 24.5 Å². The molecule has 8 heteroatoms. The van der Waals surface area contributed by atoms with Gasteiger partial charge in [-0.25, -0.2) is 15.0 Å². The number of hydrogen-bond donors (Lipinski definition) is 1. The van der Waals surface area contributed by atoms with Gasteiger partial charge in [-0.2, -0.15) is 0 Å². The van der Waals surface area contributed by atoms with E-state index in [1.54, 1.807) is 17.5 Å². The number of aromatic nitrogens is 2. The summed E-state index contributed by atoms with van der Waals surface area (Å²) in [5.74, 6) is 2.16. The van der Waals surface area contributed by atoms with Gasteiger partial charge in [-0.3, -0.25) is 0 Å². The molecule has 2 aromatic heterocycles. The van der Waals surface area contributed by atoms with Crippen LogP contribution in [0.5, 0.6) is 0 Å². The molecule has 0 saturated carbocycles. The van der Waals surface area contributed by atoms with E-state index in [-0.39, 0.29) is 24.0 Å².